The van der Waals surface area contributed by atoms with E-state index >= 15 is 0 Å². The van der Waals surface area contributed by atoms with E-state index in [4.69, 9.17) is 4.99 Å². The van der Waals surface area contributed by atoms with Crippen molar-refractivity contribution in [3.8, 4) is 5.69 Å². The Kier molecular flexibility index (Phi) is 7.09. The Morgan fingerprint density at radius 3 is 2.79 bits per heavy atom. The SMILES string of the molecule is CCNC(=NCc1ccccc1-n1nc(C)cc1C)NCC1CCCN(C)C1. The molecule has 6 nitrogen and oxygen atoms in total. The highest BCUT2D eigenvalue weighted by atomic mass is 15.3. The van der Waals surface area contributed by atoms with E-state index in [9.17, 15) is 0 Å². The summed E-state index contributed by atoms with van der Waals surface area (Å²) in [4.78, 5) is 7.27. The molecular formula is C22H34N6. The van der Waals surface area contributed by atoms with Gasteiger partial charge in [0.2, 0.25) is 0 Å². The van der Waals surface area contributed by atoms with Crippen molar-refractivity contribution in [1.29, 1.82) is 0 Å². The molecule has 1 aliphatic heterocycles. The number of aliphatic imine (C=N–C) groups is 1. The molecule has 1 unspecified atom stereocenters. The molecule has 2 heterocycles. The number of rotatable bonds is 6. The zero-order valence-corrected chi connectivity index (χ0v) is 17.7. The van der Waals surface area contributed by atoms with E-state index in [1.165, 1.54) is 24.9 Å². The third kappa shape index (κ3) is 5.35. The van der Waals surface area contributed by atoms with Gasteiger partial charge in [-0.1, -0.05) is 18.2 Å². The number of para-hydroxylation sites is 1. The second-order valence-corrected chi connectivity index (χ2v) is 7.81. The monoisotopic (exact) mass is 382 g/mol. The molecule has 2 aromatic rings. The van der Waals surface area contributed by atoms with E-state index < -0.39 is 0 Å². The van der Waals surface area contributed by atoms with Gasteiger partial charge in [-0.2, -0.15) is 5.10 Å². The molecule has 0 spiro atoms. The molecule has 1 aromatic heterocycles. The maximum absolute atomic E-state index is 4.85. The lowest BCUT2D eigenvalue weighted by atomic mass is 9.99. The molecule has 2 N–H and O–H groups in total. The Morgan fingerprint density at radius 1 is 1.25 bits per heavy atom. The third-order valence-corrected chi connectivity index (χ3v) is 5.26. The van der Waals surface area contributed by atoms with Crippen molar-refractivity contribution >= 4 is 5.96 Å². The average molecular weight is 383 g/mol. The average Bonchev–Trinajstić information content (AvgIpc) is 3.02. The number of benzene rings is 1. The number of guanidine groups is 1. The summed E-state index contributed by atoms with van der Waals surface area (Å²) in [6, 6.07) is 10.5. The van der Waals surface area contributed by atoms with Gasteiger partial charge in [-0.3, -0.25) is 0 Å². The Bertz CT molecular complexity index is 794. The summed E-state index contributed by atoms with van der Waals surface area (Å²) >= 11 is 0. The van der Waals surface area contributed by atoms with Gasteiger partial charge in [0.1, 0.15) is 0 Å². The van der Waals surface area contributed by atoms with Gasteiger partial charge >= 0.3 is 0 Å². The minimum absolute atomic E-state index is 0.619. The molecule has 6 heteroatoms. The molecule has 0 radical (unpaired) electrons. The molecule has 1 atom stereocenters. The summed E-state index contributed by atoms with van der Waals surface area (Å²) in [5.41, 5.74) is 4.44. The Labute approximate surface area is 169 Å². The highest BCUT2D eigenvalue weighted by Gasteiger charge is 2.17. The molecule has 152 valence electrons. The van der Waals surface area contributed by atoms with Crippen molar-refractivity contribution in [3.05, 3.63) is 47.3 Å². The topological polar surface area (TPSA) is 57.5 Å². The highest BCUT2D eigenvalue weighted by molar-refractivity contribution is 5.79. The van der Waals surface area contributed by atoms with Crippen LogP contribution in [0.5, 0.6) is 0 Å². The number of aromatic nitrogens is 2. The number of aryl methyl sites for hydroxylation is 2. The van der Waals surface area contributed by atoms with Crippen LogP contribution in [-0.2, 0) is 6.54 Å². The molecule has 1 aromatic carbocycles. The van der Waals surface area contributed by atoms with Crippen LogP contribution < -0.4 is 10.6 Å². The van der Waals surface area contributed by atoms with Gasteiger partial charge in [0, 0.05) is 25.3 Å². The smallest absolute Gasteiger partial charge is 0.191 e. The number of nitrogens with zero attached hydrogens (tertiary/aromatic N) is 4. The lowest BCUT2D eigenvalue weighted by molar-refractivity contribution is 0.210. The maximum atomic E-state index is 4.85. The molecule has 1 fully saturated rings. The van der Waals surface area contributed by atoms with Crippen LogP contribution in [0.4, 0.5) is 0 Å². The summed E-state index contributed by atoms with van der Waals surface area (Å²) in [7, 11) is 2.21. The zero-order valence-electron chi connectivity index (χ0n) is 17.7. The summed E-state index contributed by atoms with van der Waals surface area (Å²) in [6.45, 7) is 11.0. The second-order valence-electron chi connectivity index (χ2n) is 7.81. The quantitative estimate of drug-likeness (QED) is 0.596. The number of hydrogen-bond acceptors (Lipinski definition) is 3. The van der Waals surface area contributed by atoms with Crippen molar-refractivity contribution in [2.45, 2.75) is 40.2 Å². The van der Waals surface area contributed by atoms with Crippen molar-refractivity contribution in [2.75, 3.05) is 33.2 Å². The predicted molar refractivity (Wildman–Crippen MR) is 116 cm³/mol. The summed E-state index contributed by atoms with van der Waals surface area (Å²) < 4.78 is 2.01. The van der Waals surface area contributed by atoms with E-state index in [0.29, 0.717) is 12.5 Å². The molecule has 0 amide bonds. The van der Waals surface area contributed by atoms with Gasteiger partial charge in [-0.15, -0.1) is 0 Å². The molecule has 1 saturated heterocycles. The largest absolute Gasteiger partial charge is 0.357 e. The number of nitrogens with one attached hydrogen (secondary N) is 2. The summed E-state index contributed by atoms with van der Waals surface area (Å²) in [5.74, 6) is 1.57. The molecule has 3 rings (SSSR count). The number of hydrogen-bond donors (Lipinski definition) is 2. The van der Waals surface area contributed by atoms with Crippen LogP contribution in [0.1, 0.15) is 36.7 Å². The third-order valence-electron chi connectivity index (χ3n) is 5.26. The van der Waals surface area contributed by atoms with Gasteiger partial charge in [-0.25, -0.2) is 9.67 Å². The van der Waals surface area contributed by atoms with E-state index in [0.717, 1.165) is 42.7 Å². The van der Waals surface area contributed by atoms with E-state index in [1.807, 2.05) is 11.6 Å². The van der Waals surface area contributed by atoms with Crippen molar-refractivity contribution < 1.29 is 0 Å². The van der Waals surface area contributed by atoms with Crippen LogP contribution in [0.3, 0.4) is 0 Å². The maximum Gasteiger partial charge on any atom is 0.191 e. The van der Waals surface area contributed by atoms with Crippen LogP contribution in [0.25, 0.3) is 5.69 Å². The van der Waals surface area contributed by atoms with E-state index in [-0.39, 0.29) is 0 Å². The van der Waals surface area contributed by atoms with Crippen LogP contribution in [0.2, 0.25) is 0 Å². The van der Waals surface area contributed by atoms with Crippen LogP contribution in [-0.4, -0.2) is 53.9 Å². The molecule has 0 saturated carbocycles. The first-order valence-electron chi connectivity index (χ1n) is 10.4. The number of likely N-dealkylation sites (tertiary alicyclic amines) is 1. The van der Waals surface area contributed by atoms with Crippen LogP contribution in [0.15, 0.2) is 35.3 Å². The first-order chi connectivity index (χ1) is 13.6. The van der Waals surface area contributed by atoms with Crippen LogP contribution >= 0.6 is 0 Å². The molecular weight excluding hydrogens is 348 g/mol. The van der Waals surface area contributed by atoms with Gasteiger partial charge in [0.05, 0.1) is 17.9 Å². The minimum atomic E-state index is 0.619. The van der Waals surface area contributed by atoms with Gasteiger partial charge in [-0.05, 0) is 70.8 Å². The lowest BCUT2D eigenvalue weighted by Crippen LogP contribution is -2.43. The fourth-order valence-electron chi connectivity index (χ4n) is 3.91. The first kappa shape index (κ1) is 20.4. The zero-order chi connectivity index (χ0) is 19.9. The van der Waals surface area contributed by atoms with Gasteiger partial charge < -0.3 is 15.5 Å². The second kappa shape index (κ2) is 9.73. The van der Waals surface area contributed by atoms with E-state index in [2.05, 4.69) is 71.9 Å². The first-order valence-corrected chi connectivity index (χ1v) is 10.4. The Morgan fingerprint density at radius 2 is 2.07 bits per heavy atom. The molecule has 0 bridgehead atoms. The Hall–Kier alpha value is -2.34. The molecule has 28 heavy (non-hydrogen) atoms. The minimum Gasteiger partial charge on any atom is -0.357 e. The molecule has 1 aliphatic rings. The number of piperidine rings is 1. The van der Waals surface area contributed by atoms with Crippen LogP contribution in [0, 0.1) is 19.8 Å². The van der Waals surface area contributed by atoms with Crippen molar-refractivity contribution in [1.82, 2.24) is 25.3 Å². The fourth-order valence-corrected chi connectivity index (χ4v) is 3.91. The Balaban J connectivity index is 1.70. The standard InChI is InChI=1S/C22H34N6/c1-5-23-22(24-14-19-9-8-12-27(4)16-19)25-15-20-10-6-7-11-21(20)28-18(3)13-17(2)26-28/h6-7,10-11,13,19H,5,8-9,12,14-16H2,1-4H3,(H2,23,24,25). The normalized spacial score (nSPS) is 18.3. The van der Waals surface area contributed by atoms with Crippen molar-refractivity contribution in [2.24, 2.45) is 10.9 Å². The summed E-state index contributed by atoms with van der Waals surface area (Å²) in [6.07, 6.45) is 2.57. The summed E-state index contributed by atoms with van der Waals surface area (Å²) in [5, 5.41) is 11.6. The van der Waals surface area contributed by atoms with Crippen molar-refractivity contribution in [3.63, 3.8) is 0 Å². The molecule has 0 aliphatic carbocycles. The lowest BCUT2D eigenvalue weighted by Gasteiger charge is -2.30. The highest BCUT2D eigenvalue weighted by Crippen LogP contribution is 2.18. The fraction of sp³-hybridized carbons (Fsp3) is 0.545. The van der Waals surface area contributed by atoms with Gasteiger partial charge in [0.25, 0.3) is 0 Å². The predicted octanol–water partition coefficient (Wildman–Crippen LogP) is 2.89. The van der Waals surface area contributed by atoms with Gasteiger partial charge in [0.15, 0.2) is 5.96 Å². The van der Waals surface area contributed by atoms with E-state index in [1.54, 1.807) is 0 Å².